The van der Waals surface area contributed by atoms with Crippen molar-refractivity contribution in [2.45, 2.75) is 90.1 Å². The van der Waals surface area contributed by atoms with E-state index in [2.05, 4.69) is 31.7 Å². The zero-order valence-electron chi connectivity index (χ0n) is 18.9. The molecule has 0 spiro atoms. The Hall–Kier alpha value is -1.63. The minimum atomic E-state index is -1.05. The van der Waals surface area contributed by atoms with E-state index in [0.717, 1.165) is 23.3 Å². The minimum absolute atomic E-state index is 0.609. The van der Waals surface area contributed by atoms with Crippen molar-refractivity contribution in [2.75, 3.05) is 0 Å². The van der Waals surface area contributed by atoms with Gasteiger partial charge in [0.05, 0.1) is 0 Å². The first kappa shape index (κ1) is 20.3. The monoisotopic (exact) mass is 404 g/mol. The van der Waals surface area contributed by atoms with Crippen molar-refractivity contribution >= 4 is 5.57 Å². The predicted molar refractivity (Wildman–Crippen MR) is 125 cm³/mol. The van der Waals surface area contributed by atoms with Gasteiger partial charge in [-0.15, -0.1) is 0 Å². The molecule has 3 saturated carbocycles. The van der Waals surface area contributed by atoms with Crippen molar-refractivity contribution < 1.29 is 4.39 Å². The molecule has 3 fully saturated rings. The van der Waals surface area contributed by atoms with E-state index in [9.17, 15) is 4.39 Å². The van der Waals surface area contributed by atoms with Crippen LogP contribution in [0.3, 0.4) is 0 Å². The van der Waals surface area contributed by atoms with Crippen molar-refractivity contribution in [1.82, 2.24) is 0 Å². The summed E-state index contributed by atoms with van der Waals surface area (Å²) < 4.78 is 14.8. The predicted octanol–water partition coefficient (Wildman–Crippen LogP) is 8.86. The molecule has 0 saturated heterocycles. The van der Waals surface area contributed by atoms with Gasteiger partial charge in [0.1, 0.15) is 6.17 Å². The third-order valence-electron chi connectivity index (χ3n) is 8.67. The lowest BCUT2D eigenvalue weighted by Gasteiger charge is -2.41. The molecule has 0 radical (unpaired) electrons. The summed E-state index contributed by atoms with van der Waals surface area (Å²) in [6.45, 7) is 8.07. The van der Waals surface area contributed by atoms with Crippen LogP contribution in [-0.4, -0.2) is 0 Å². The molecule has 4 aliphatic rings. The zero-order valence-corrected chi connectivity index (χ0v) is 18.9. The Balaban J connectivity index is 1.59. The normalized spacial score (nSPS) is 32.5. The zero-order chi connectivity index (χ0) is 20.8. The van der Waals surface area contributed by atoms with Crippen LogP contribution in [0.1, 0.15) is 107 Å². The number of benzene rings is 1. The van der Waals surface area contributed by atoms with Gasteiger partial charge in [0.15, 0.2) is 0 Å². The average molecular weight is 405 g/mol. The van der Waals surface area contributed by atoms with Crippen LogP contribution in [0.25, 0.3) is 5.57 Å². The number of alkyl halides is 1. The molecule has 1 aromatic carbocycles. The first-order valence-corrected chi connectivity index (χ1v) is 12.4. The third-order valence-corrected chi connectivity index (χ3v) is 8.67. The van der Waals surface area contributed by atoms with E-state index in [-0.39, 0.29) is 0 Å². The fourth-order valence-electron chi connectivity index (χ4n) is 6.17. The largest absolute Gasteiger partial charge is 0.237 e. The summed E-state index contributed by atoms with van der Waals surface area (Å²) in [5.41, 5.74) is 9.21. The molecule has 5 rings (SSSR count). The maximum atomic E-state index is 14.8. The highest BCUT2D eigenvalue weighted by Crippen LogP contribution is 2.51. The molecule has 4 aliphatic carbocycles. The molecule has 1 aromatic rings. The molecule has 0 N–H and O–H groups in total. The summed E-state index contributed by atoms with van der Waals surface area (Å²) in [5, 5.41) is 0. The molecule has 0 amide bonds. The second-order valence-electron chi connectivity index (χ2n) is 10.6. The molecule has 4 atom stereocenters. The summed E-state index contributed by atoms with van der Waals surface area (Å²) in [6.07, 6.45) is 14.8. The number of hydrogen-bond donors (Lipinski definition) is 0. The molecule has 0 heterocycles. The fourth-order valence-corrected chi connectivity index (χ4v) is 6.17. The Morgan fingerprint density at radius 1 is 1.07 bits per heavy atom. The van der Waals surface area contributed by atoms with Crippen molar-refractivity contribution in [3.05, 3.63) is 64.3 Å². The molecule has 30 heavy (non-hydrogen) atoms. The van der Waals surface area contributed by atoms with Crippen LogP contribution in [0.5, 0.6) is 0 Å². The molecule has 160 valence electrons. The lowest BCUT2D eigenvalue weighted by molar-refractivity contribution is 0.232. The summed E-state index contributed by atoms with van der Waals surface area (Å²) in [6, 6.07) is 6.48. The molecular weight excluding hydrogens is 367 g/mol. The van der Waals surface area contributed by atoms with E-state index in [0.29, 0.717) is 11.5 Å². The van der Waals surface area contributed by atoms with E-state index in [1.165, 1.54) is 80.9 Å². The van der Waals surface area contributed by atoms with Crippen molar-refractivity contribution in [2.24, 2.45) is 17.8 Å². The molecule has 0 nitrogen and oxygen atoms in total. The maximum absolute atomic E-state index is 14.8. The average Bonchev–Trinajstić information content (AvgIpc) is 2.65. The van der Waals surface area contributed by atoms with E-state index < -0.39 is 6.17 Å². The number of allylic oxidation sites excluding steroid dienone is 5. The quantitative estimate of drug-likeness (QED) is 0.440. The summed E-state index contributed by atoms with van der Waals surface area (Å²) in [7, 11) is 0. The second kappa shape index (κ2) is 8.13. The van der Waals surface area contributed by atoms with Gasteiger partial charge in [0.25, 0.3) is 0 Å². The van der Waals surface area contributed by atoms with Gasteiger partial charge in [-0.25, -0.2) is 4.39 Å². The highest BCUT2D eigenvalue weighted by molar-refractivity contribution is 5.73. The molecular formula is C29H37F. The van der Waals surface area contributed by atoms with Crippen LogP contribution in [0.4, 0.5) is 4.39 Å². The Morgan fingerprint density at radius 3 is 2.47 bits per heavy atom. The lowest BCUT2D eigenvalue weighted by Crippen LogP contribution is -2.26. The number of fused-ring (bicyclic) bond motifs is 3. The van der Waals surface area contributed by atoms with Crippen molar-refractivity contribution in [3.63, 3.8) is 0 Å². The highest BCUT2D eigenvalue weighted by Gasteiger charge is 2.36. The van der Waals surface area contributed by atoms with Gasteiger partial charge < -0.3 is 0 Å². The second-order valence-corrected chi connectivity index (χ2v) is 10.6. The van der Waals surface area contributed by atoms with Crippen LogP contribution < -0.4 is 0 Å². The highest BCUT2D eigenvalue weighted by atomic mass is 19.1. The number of halogens is 1. The molecule has 1 heteroatoms. The van der Waals surface area contributed by atoms with Gasteiger partial charge in [0.2, 0.25) is 0 Å². The number of hydrogen-bond acceptors (Lipinski definition) is 0. The first-order chi connectivity index (χ1) is 14.5. The minimum Gasteiger partial charge on any atom is -0.237 e. The molecule has 3 unspecified atom stereocenters. The molecule has 0 aliphatic heterocycles. The fraction of sp³-hybridized carbons (Fsp3) is 0.586. The molecule has 0 aromatic heterocycles. The van der Waals surface area contributed by atoms with E-state index in [1.807, 2.05) is 6.07 Å². The van der Waals surface area contributed by atoms with E-state index >= 15 is 0 Å². The number of rotatable bonds is 4. The van der Waals surface area contributed by atoms with Gasteiger partial charge in [-0.1, -0.05) is 49.8 Å². The van der Waals surface area contributed by atoms with E-state index in [4.69, 9.17) is 0 Å². The Morgan fingerprint density at radius 2 is 1.90 bits per heavy atom. The van der Waals surface area contributed by atoms with E-state index in [1.54, 1.807) is 18.1 Å². The topological polar surface area (TPSA) is 0 Å². The Labute approximate surface area is 182 Å². The van der Waals surface area contributed by atoms with Crippen molar-refractivity contribution in [3.8, 4) is 0 Å². The maximum Gasteiger partial charge on any atom is 0.146 e. The summed E-state index contributed by atoms with van der Waals surface area (Å²) >= 11 is 0. The van der Waals surface area contributed by atoms with Crippen LogP contribution in [0.2, 0.25) is 0 Å². The van der Waals surface area contributed by atoms with Crippen LogP contribution in [0, 0.1) is 17.8 Å². The Bertz CT molecular complexity index is 897. The first-order valence-electron chi connectivity index (χ1n) is 12.4. The van der Waals surface area contributed by atoms with Gasteiger partial charge in [-0.2, -0.15) is 0 Å². The van der Waals surface area contributed by atoms with Gasteiger partial charge in [-0.05, 0) is 122 Å². The Kier molecular flexibility index (Phi) is 5.50. The SMILES string of the molecule is C=C(C)C(F)c1ccc2c(c1)C1CCC1CCC/C2=C\C(=C1\CC[C@@H]1C)C1CCC1. The van der Waals surface area contributed by atoms with Crippen LogP contribution >= 0.6 is 0 Å². The smallest absolute Gasteiger partial charge is 0.146 e. The third kappa shape index (κ3) is 3.53. The van der Waals surface area contributed by atoms with Crippen LogP contribution in [-0.2, 0) is 0 Å². The molecule has 0 bridgehead atoms. The standard InChI is InChI=1S/C29H37F/c1-18(2)29(30)23-12-15-26-22(9-5-8-21-11-14-25(21)28(26)17-23)16-27(20-6-4-7-20)24-13-10-19(24)3/h12,15-17,19-21,25,29H,1,4-11,13-14H2,2-3H3/b22-16+,27-24+/t19-,21?,25?,29?/m0/s1. The van der Waals surface area contributed by atoms with Gasteiger partial charge >= 0.3 is 0 Å². The van der Waals surface area contributed by atoms with Crippen molar-refractivity contribution in [1.29, 1.82) is 0 Å². The van der Waals surface area contributed by atoms with Gasteiger partial charge in [0, 0.05) is 0 Å². The van der Waals surface area contributed by atoms with Crippen LogP contribution in [0.15, 0.2) is 47.6 Å². The van der Waals surface area contributed by atoms with Gasteiger partial charge in [-0.3, -0.25) is 0 Å². The summed E-state index contributed by atoms with van der Waals surface area (Å²) in [5.74, 6) is 2.99. The lowest BCUT2D eigenvalue weighted by atomic mass is 9.64. The summed E-state index contributed by atoms with van der Waals surface area (Å²) in [4.78, 5) is 0.